The maximum Gasteiger partial charge on any atom is 0.138 e. The van der Waals surface area contributed by atoms with Crippen molar-refractivity contribution in [1.82, 2.24) is 19.9 Å². The van der Waals surface area contributed by atoms with Crippen LogP contribution < -0.4 is 0 Å². The lowest BCUT2D eigenvalue weighted by Crippen LogP contribution is -2.44. The fraction of sp³-hybridized carbons (Fsp3) is 0.684. The Morgan fingerprint density at radius 2 is 1.92 bits per heavy atom. The number of hydrogen-bond donors (Lipinski definition) is 0. The quantitative estimate of drug-likeness (QED) is 0.834. The third-order valence-corrected chi connectivity index (χ3v) is 6.70. The molecule has 2 fully saturated rings. The van der Waals surface area contributed by atoms with E-state index >= 15 is 0 Å². The van der Waals surface area contributed by atoms with Crippen LogP contribution in [0.2, 0.25) is 0 Å². The Morgan fingerprint density at radius 3 is 2.60 bits per heavy atom. The maximum absolute atomic E-state index is 5.35. The average Bonchev–Trinajstić information content (AvgIpc) is 3.25. The van der Waals surface area contributed by atoms with E-state index in [1.807, 2.05) is 6.92 Å². The molecule has 0 amide bonds. The summed E-state index contributed by atoms with van der Waals surface area (Å²) in [4.78, 5) is 9.86. The smallest absolute Gasteiger partial charge is 0.138 e. The second-order valence-corrected chi connectivity index (χ2v) is 9.00. The molecule has 0 N–H and O–H groups in total. The molecule has 2 saturated heterocycles. The molecular formula is C19H28N4OS. The van der Waals surface area contributed by atoms with Crippen LogP contribution in [0.15, 0.2) is 9.90 Å². The Morgan fingerprint density at radius 1 is 1.12 bits per heavy atom. The molecule has 0 unspecified atom stereocenters. The van der Waals surface area contributed by atoms with Crippen LogP contribution in [0, 0.1) is 26.2 Å². The third-order valence-electron chi connectivity index (χ3n) is 5.87. The summed E-state index contributed by atoms with van der Waals surface area (Å²) in [6.07, 6.45) is 3.97. The van der Waals surface area contributed by atoms with Gasteiger partial charge in [-0.1, -0.05) is 5.16 Å². The van der Waals surface area contributed by atoms with Gasteiger partial charge in [-0.3, -0.25) is 9.80 Å². The Kier molecular flexibility index (Phi) is 4.69. The SMILES string of the molecule is Cc1nc(CN2CC[C@]3(CCCN(Cc4c(C)noc4C)C3)C2)cs1. The molecule has 0 aromatic carbocycles. The fourth-order valence-electron chi connectivity index (χ4n) is 4.60. The number of thiazole rings is 1. The van der Waals surface area contributed by atoms with E-state index in [9.17, 15) is 0 Å². The summed E-state index contributed by atoms with van der Waals surface area (Å²) in [6, 6.07) is 0. The Hall–Kier alpha value is -1.24. The van der Waals surface area contributed by atoms with E-state index in [0.29, 0.717) is 5.41 Å². The van der Waals surface area contributed by atoms with E-state index < -0.39 is 0 Å². The minimum absolute atomic E-state index is 0.461. The van der Waals surface area contributed by atoms with Crippen LogP contribution in [0.1, 0.15) is 47.0 Å². The molecule has 4 heterocycles. The Labute approximate surface area is 154 Å². The lowest BCUT2D eigenvalue weighted by atomic mass is 9.79. The van der Waals surface area contributed by atoms with Crippen LogP contribution in [0.4, 0.5) is 0 Å². The second kappa shape index (κ2) is 6.82. The zero-order valence-corrected chi connectivity index (χ0v) is 16.4. The molecule has 2 aromatic heterocycles. The van der Waals surface area contributed by atoms with Gasteiger partial charge in [0.2, 0.25) is 0 Å². The fourth-order valence-corrected chi connectivity index (χ4v) is 5.21. The first kappa shape index (κ1) is 17.2. The number of piperidine rings is 1. The summed E-state index contributed by atoms with van der Waals surface area (Å²) < 4.78 is 5.35. The van der Waals surface area contributed by atoms with Crippen LogP contribution in [-0.4, -0.2) is 46.1 Å². The Bertz CT molecular complexity index is 720. The summed E-state index contributed by atoms with van der Waals surface area (Å²) in [5.74, 6) is 0.976. The minimum atomic E-state index is 0.461. The van der Waals surface area contributed by atoms with Gasteiger partial charge in [-0.2, -0.15) is 0 Å². The van der Waals surface area contributed by atoms with Gasteiger partial charge in [0.25, 0.3) is 0 Å². The van der Waals surface area contributed by atoms with Crippen molar-refractivity contribution in [3.63, 3.8) is 0 Å². The summed E-state index contributed by atoms with van der Waals surface area (Å²) in [5.41, 5.74) is 4.03. The minimum Gasteiger partial charge on any atom is -0.361 e. The molecule has 0 aliphatic carbocycles. The van der Waals surface area contributed by atoms with Crippen LogP contribution in [0.3, 0.4) is 0 Å². The van der Waals surface area contributed by atoms with Crippen LogP contribution >= 0.6 is 11.3 Å². The Balaban J connectivity index is 1.39. The number of nitrogens with zero attached hydrogens (tertiary/aromatic N) is 4. The van der Waals surface area contributed by atoms with Crippen LogP contribution in [0.25, 0.3) is 0 Å². The lowest BCUT2D eigenvalue weighted by molar-refractivity contribution is 0.0860. The summed E-state index contributed by atoms with van der Waals surface area (Å²) in [5, 5.41) is 7.50. The van der Waals surface area contributed by atoms with Crippen molar-refractivity contribution in [3.8, 4) is 0 Å². The zero-order chi connectivity index (χ0) is 17.4. The molecule has 0 saturated carbocycles. The van der Waals surface area contributed by atoms with E-state index in [0.717, 1.165) is 24.5 Å². The van der Waals surface area contributed by atoms with Crippen molar-refractivity contribution >= 4 is 11.3 Å². The summed E-state index contributed by atoms with van der Waals surface area (Å²) in [6.45, 7) is 13.0. The standard InChI is InChI=1S/C19H28N4OS/c1-14-18(15(2)24-21-14)10-22-7-4-5-19(12-22)6-8-23(13-19)9-17-11-25-16(3)20-17/h11H,4-10,12-13H2,1-3H3/t19-/m0/s1. The first-order chi connectivity index (χ1) is 12.0. The van der Waals surface area contributed by atoms with Gasteiger partial charge in [-0.15, -0.1) is 11.3 Å². The van der Waals surface area contributed by atoms with Gasteiger partial charge in [0.05, 0.1) is 16.4 Å². The second-order valence-electron chi connectivity index (χ2n) is 7.94. The topological polar surface area (TPSA) is 45.4 Å². The van der Waals surface area contributed by atoms with Crippen molar-refractivity contribution in [2.45, 2.75) is 53.1 Å². The van der Waals surface area contributed by atoms with E-state index in [1.165, 1.54) is 61.7 Å². The highest BCUT2D eigenvalue weighted by Gasteiger charge is 2.41. The maximum atomic E-state index is 5.35. The normalized spacial score (nSPS) is 25.2. The van der Waals surface area contributed by atoms with Crippen LogP contribution in [-0.2, 0) is 13.1 Å². The molecule has 5 nitrogen and oxygen atoms in total. The van der Waals surface area contributed by atoms with Gasteiger partial charge >= 0.3 is 0 Å². The number of hydrogen-bond acceptors (Lipinski definition) is 6. The zero-order valence-electron chi connectivity index (χ0n) is 15.5. The van der Waals surface area contributed by atoms with E-state index in [1.54, 1.807) is 11.3 Å². The van der Waals surface area contributed by atoms with Gasteiger partial charge in [0.1, 0.15) is 5.76 Å². The molecule has 136 valence electrons. The lowest BCUT2D eigenvalue weighted by Gasteiger charge is -2.40. The summed E-state index contributed by atoms with van der Waals surface area (Å²) >= 11 is 1.76. The first-order valence-electron chi connectivity index (χ1n) is 9.30. The molecular weight excluding hydrogens is 332 g/mol. The van der Waals surface area contributed by atoms with E-state index in [-0.39, 0.29) is 0 Å². The number of likely N-dealkylation sites (tertiary alicyclic amines) is 2. The molecule has 2 aliphatic rings. The molecule has 2 aromatic rings. The predicted molar refractivity (Wildman–Crippen MR) is 99.7 cm³/mol. The van der Waals surface area contributed by atoms with Crippen molar-refractivity contribution in [2.24, 2.45) is 5.41 Å². The van der Waals surface area contributed by atoms with Crippen molar-refractivity contribution in [1.29, 1.82) is 0 Å². The molecule has 1 spiro atoms. The van der Waals surface area contributed by atoms with Crippen molar-refractivity contribution in [3.05, 3.63) is 33.1 Å². The highest BCUT2D eigenvalue weighted by molar-refractivity contribution is 7.09. The average molecular weight is 361 g/mol. The molecule has 0 radical (unpaired) electrons. The van der Waals surface area contributed by atoms with Crippen molar-refractivity contribution in [2.75, 3.05) is 26.2 Å². The van der Waals surface area contributed by atoms with Gasteiger partial charge in [0, 0.05) is 37.1 Å². The molecule has 4 rings (SSSR count). The van der Waals surface area contributed by atoms with Gasteiger partial charge in [-0.25, -0.2) is 4.98 Å². The van der Waals surface area contributed by atoms with Crippen molar-refractivity contribution < 1.29 is 4.52 Å². The largest absolute Gasteiger partial charge is 0.361 e. The van der Waals surface area contributed by atoms with E-state index in [4.69, 9.17) is 4.52 Å². The molecule has 6 heteroatoms. The molecule has 0 bridgehead atoms. The number of rotatable bonds is 4. The molecule has 25 heavy (non-hydrogen) atoms. The third kappa shape index (κ3) is 3.66. The highest BCUT2D eigenvalue weighted by Crippen LogP contribution is 2.40. The van der Waals surface area contributed by atoms with E-state index in [2.05, 4.69) is 39.2 Å². The van der Waals surface area contributed by atoms with Crippen LogP contribution in [0.5, 0.6) is 0 Å². The van der Waals surface area contributed by atoms with Gasteiger partial charge in [-0.05, 0) is 58.5 Å². The molecule has 2 aliphatic heterocycles. The first-order valence-corrected chi connectivity index (χ1v) is 10.2. The summed E-state index contributed by atoms with van der Waals surface area (Å²) in [7, 11) is 0. The number of aromatic nitrogens is 2. The van der Waals surface area contributed by atoms with Gasteiger partial charge < -0.3 is 4.52 Å². The van der Waals surface area contributed by atoms with Gasteiger partial charge in [0.15, 0.2) is 0 Å². The molecule has 1 atom stereocenters. The highest BCUT2D eigenvalue weighted by atomic mass is 32.1. The number of aryl methyl sites for hydroxylation is 3. The predicted octanol–water partition coefficient (Wildman–Crippen LogP) is 3.54. The monoisotopic (exact) mass is 360 g/mol.